The maximum absolute atomic E-state index is 12.9. The van der Waals surface area contributed by atoms with E-state index in [-0.39, 0.29) is 28.3 Å². The Morgan fingerprint density at radius 1 is 1.07 bits per heavy atom. The summed E-state index contributed by atoms with van der Waals surface area (Å²) in [4.78, 5) is 37.8. The molecule has 0 radical (unpaired) electrons. The summed E-state index contributed by atoms with van der Waals surface area (Å²) >= 11 is 1.01. The van der Waals surface area contributed by atoms with Gasteiger partial charge in [0.15, 0.2) is 5.76 Å². The lowest BCUT2D eigenvalue weighted by atomic mass is 10.1. The number of anilines is 1. The second kappa shape index (κ2) is 8.74. The lowest BCUT2D eigenvalue weighted by molar-refractivity contribution is 0.0601. The Labute approximate surface area is 171 Å². The van der Waals surface area contributed by atoms with Gasteiger partial charge >= 0.3 is 5.97 Å². The molecule has 7 nitrogen and oxygen atoms in total. The number of ether oxygens (including phenoxy) is 1. The number of hydrogen-bond acceptors (Lipinski definition) is 6. The van der Waals surface area contributed by atoms with E-state index in [1.165, 1.54) is 19.4 Å². The van der Waals surface area contributed by atoms with E-state index in [1.807, 2.05) is 37.3 Å². The average molecular weight is 412 g/mol. The molecule has 1 aromatic carbocycles. The first kappa shape index (κ1) is 20.3. The molecule has 0 aliphatic rings. The van der Waals surface area contributed by atoms with Gasteiger partial charge in [0.25, 0.3) is 11.8 Å². The minimum absolute atomic E-state index is 0.0931. The van der Waals surface area contributed by atoms with Crippen LogP contribution in [-0.4, -0.2) is 24.9 Å². The largest absolute Gasteiger partial charge is 0.465 e. The summed E-state index contributed by atoms with van der Waals surface area (Å²) in [6.07, 6.45) is 1.37. The molecule has 0 saturated heterocycles. The summed E-state index contributed by atoms with van der Waals surface area (Å²) in [6.45, 7) is 3.52. The molecule has 0 bridgehead atoms. The maximum atomic E-state index is 12.9. The molecular weight excluding hydrogens is 392 g/mol. The second-order valence-electron chi connectivity index (χ2n) is 6.29. The van der Waals surface area contributed by atoms with Crippen molar-refractivity contribution in [1.82, 2.24) is 5.32 Å². The SMILES string of the molecule is COC(=O)c1c(NC(=O)c2ccco2)sc(C(=O)NC(C)c2ccccc2)c1C. The van der Waals surface area contributed by atoms with Gasteiger partial charge in [0, 0.05) is 0 Å². The Morgan fingerprint density at radius 3 is 2.41 bits per heavy atom. The number of hydrogen-bond donors (Lipinski definition) is 2. The molecule has 29 heavy (non-hydrogen) atoms. The van der Waals surface area contributed by atoms with Gasteiger partial charge in [-0.25, -0.2) is 4.79 Å². The molecule has 0 spiro atoms. The van der Waals surface area contributed by atoms with Gasteiger partial charge in [-0.2, -0.15) is 0 Å². The lowest BCUT2D eigenvalue weighted by Gasteiger charge is -2.14. The quantitative estimate of drug-likeness (QED) is 0.592. The summed E-state index contributed by atoms with van der Waals surface area (Å²) in [7, 11) is 1.24. The van der Waals surface area contributed by atoms with Crippen LogP contribution in [0.3, 0.4) is 0 Å². The van der Waals surface area contributed by atoms with E-state index in [4.69, 9.17) is 9.15 Å². The van der Waals surface area contributed by atoms with Crippen LogP contribution in [-0.2, 0) is 4.74 Å². The molecule has 0 aliphatic carbocycles. The summed E-state index contributed by atoms with van der Waals surface area (Å²) in [5.41, 5.74) is 1.54. The minimum Gasteiger partial charge on any atom is -0.465 e. The zero-order chi connectivity index (χ0) is 21.0. The van der Waals surface area contributed by atoms with Crippen LogP contribution in [0.2, 0.25) is 0 Å². The predicted molar refractivity (Wildman–Crippen MR) is 109 cm³/mol. The van der Waals surface area contributed by atoms with E-state index in [2.05, 4.69) is 10.6 Å². The number of nitrogens with one attached hydrogen (secondary N) is 2. The zero-order valence-corrected chi connectivity index (χ0v) is 17.0. The molecular formula is C21H20N2O5S. The molecule has 2 heterocycles. The van der Waals surface area contributed by atoms with E-state index in [9.17, 15) is 14.4 Å². The van der Waals surface area contributed by atoms with E-state index in [1.54, 1.807) is 13.0 Å². The van der Waals surface area contributed by atoms with Crippen molar-refractivity contribution in [3.63, 3.8) is 0 Å². The molecule has 0 aliphatic heterocycles. The van der Waals surface area contributed by atoms with Crippen molar-refractivity contribution >= 4 is 34.1 Å². The molecule has 2 N–H and O–H groups in total. The first-order valence-electron chi connectivity index (χ1n) is 8.84. The van der Waals surface area contributed by atoms with E-state index in [0.717, 1.165) is 16.9 Å². The molecule has 0 saturated carbocycles. The highest BCUT2D eigenvalue weighted by Gasteiger charge is 2.27. The number of amides is 2. The normalized spacial score (nSPS) is 11.6. The van der Waals surface area contributed by atoms with Gasteiger partial charge < -0.3 is 19.8 Å². The van der Waals surface area contributed by atoms with Gasteiger partial charge in [-0.1, -0.05) is 30.3 Å². The van der Waals surface area contributed by atoms with Gasteiger partial charge in [0.1, 0.15) is 5.00 Å². The summed E-state index contributed by atoms with van der Waals surface area (Å²) in [5.74, 6) is -1.40. The highest BCUT2D eigenvalue weighted by Crippen LogP contribution is 2.34. The fourth-order valence-corrected chi connectivity index (χ4v) is 3.92. The summed E-state index contributed by atoms with van der Waals surface area (Å²) in [5, 5.41) is 5.78. The predicted octanol–water partition coefficient (Wildman–Crippen LogP) is 4.18. The number of thiophene rings is 1. The Morgan fingerprint density at radius 2 is 1.79 bits per heavy atom. The van der Waals surface area contributed by atoms with Crippen molar-refractivity contribution in [2.75, 3.05) is 12.4 Å². The van der Waals surface area contributed by atoms with Crippen molar-refractivity contribution in [3.05, 3.63) is 76.1 Å². The Bertz CT molecular complexity index is 1030. The molecule has 3 rings (SSSR count). The van der Waals surface area contributed by atoms with Crippen LogP contribution < -0.4 is 10.6 Å². The van der Waals surface area contributed by atoms with E-state index in [0.29, 0.717) is 10.4 Å². The van der Waals surface area contributed by atoms with Crippen molar-refractivity contribution in [2.24, 2.45) is 0 Å². The number of carbonyl (C=O) groups is 3. The fraction of sp³-hybridized carbons (Fsp3) is 0.190. The third kappa shape index (κ3) is 4.38. The van der Waals surface area contributed by atoms with Crippen LogP contribution in [0.25, 0.3) is 0 Å². The first-order valence-corrected chi connectivity index (χ1v) is 9.66. The number of furan rings is 1. The molecule has 0 fully saturated rings. The van der Waals surface area contributed by atoms with Gasteiger partial charge in [0.05, 0.1) is 29.9 Å². The van der Waals surface area contributed by atoms with E-state index < -0.39 is 11.9 Å². The monoisotopic (exact) mass is 412 g/mol. The van der Waals surface area contributed by atoms with Gasteiger partial charge in [-0.05, 0) is 37.1 Å². The Balaban J connectivity index is 1.88. The molecule has 2 amide bonds. The number of carbonyl (C=O) groups excluding carboxylic acids is 3. The fourth-order valence-electron chi connectivity index (χ4n) is 2.83. The zero-order valence-electron chi connectivity index (χ0n) is 16.1. The molecule has 1 unspecified atom stereocenters. The molecule has 8 heteroatoms. The van der Waals surface area contributed by atoms with Crippen molar-refractivity contribution in [3.8, 4) is 0 Å². The molecule has 1 atom stereocenters. The van der Waals surface area contributed by atoms with Gasteiger partial charge in [-0.3, -0.25) is 9.59 Å². The number of methoxy groups -OCH3 is 1. The van der Waals surface area contributed by atoms with Crippen LogP contribution >= 0.6 is 11.3 Å². The van der Waals surface area contributed by atoms with Crippen LogP contribution in [0.4, 0.5) is 5.00 Å². The van der Waals surface area contributed by atoms with Crippen molar-refractivity contribution < 1.29 is 23.5 Å². The molecule has 2 aromatic heterocycles. The Kier molecular flexibility index (Phi) is 6.13. The second-order valence-corrected chi connectivity index (χ2v) is 7.31. The van der Waals surface area contributed by atoms with Crippen LogP contribution in [0.15, 0.2) is 53.1 Å². The highest BCUT2D eigenvalue weighted by molar-refractivity contribution is 7.18. The summed E-state index contributed by atoms with van der Waals surface area (Å²) in [6, 6.07) is 12.4. The van der Waals surface area contributed by atoms with Gasteiger partial charge in [0.2, 0.25) is 0 Å². The van der Waals surface area contributed by atoms with Gasteiger partial charge in [-0.15, -0.1) is 11.3 Å². The summed E-state index contributed by atoms with van der Waals surface area (Å²) < 4.78 is 9.91. The lowest BCUT2D eigenvalue weighted by Crippen LogP contribution is -2.26. The molecule has 150 valence electrons. The molecule has 3 aromatic rings. The number of rotatable bonds is 6. The smallest absolute Gasteiger partial charge is 0.341 e. The Hall–Kier alpha value is -3.39. The minimum atomic E-state index is -0.636. The van der Waals surface area contributed by atoms with Crippen molar-refractivity contribution in [1.29, 1.82) is 0 Å². The van der Waals surface area contributed by atoms with Crippen molar-refractivity contribution in [2.45, 2.75) is 19.9 Å². The standard InChI is InChI=1S/C21H20N2O5S/c1-12-16(21(26)27-3)20(23-18(24)15-10-7-11-28-15)29-17(12)19(25)22-13(2)14-8-5-4-6-9-14/h4-11,13H,1-3H3,(H,22,25)(H,23,24). The van der Waals surface area contributed by atoms with Crippen LogP contribution in [0, 0.1) is 6.92 Å². The van der Waals surface area contributed by atoms with Crippen LogP contribution in [0.5, 0.6) is 0 Å². The topological polar surface area (TPSA) is 97.6 Å². The average Bonchev–Trinajstić information content (AvgIpc) is 3.36. The third-order valence-corrected chi connectivity index (χ3v) is 5.57. The maximum Gasteiger partial charge on any atom is 0.341 e. The van der Waals surface area contributed by atoms with Crippen LogP contribution in [0.1, 0.15) is 54.7 Å². The number of benzene rings is 1. The highest BCUT2D eigenvalue weighted by atomic mass is 32.1. The van der Waals surface area contributed by atoms with E-state index >= 15 is 0 Å². The third-order valence-electron chi connectivity index (χ3n) is 4.36. The first-order chi connectivity index (χ1) is 13.9. The number of esters is 1.